The number of halogens is 1. The Bertz CT molecular complexity index is 627. The van der Waals surface area contributed by atoms with Crippen molar-refractivity contribution in [2.45, 2.75) is 6.54 Å². The fraction of sp³-hybridized carbons (Fsp3) is 0.125. The Balaban J connectivity index is 0.00000133. The predicted molar refractivity (Wildman–Crippen MR) is 73.3 cm³/mol. The lowest BCUT2D eigenvalue weighted by atomic mass is 10.1. The minimum Gasteiger partial charge on any atom is -1.00 e. The normalized spacial score (nSPS) is 13.0. The van der Waals surface area contributed by atoms with Gasteiger partial charge in [0.2, 0.25) is 0 Å². The summed E-state index contributed by atoms with van der Waals surface area (Å²) in [6.45, 7) is 0.805. The molecule has 0 spiro atoms. The summed E-state index contributed by atoms with van der Waals surface area (Å²) < 4.78 is 2.03. The van der Waals surface area contributed by atoms with Crippen molar-refractivity contribution in [1.82, 2.24) is 0 Å². The van der Waals surface area contributed by atoms with Gasteiger partial charge in [-0.25, -0.2) is 4.57 Å². The Morgan fingerprint density at radius 2 is 1.79 bits per heavy atom. The van der Waals surface area contributed by atoms with Crippen LogP contribution in [-0.2, 0) is 13.6 Å². The van der Waals surface area contributed by atoms with E-state index in [0.717, 1.165) is 12.3 Å². The zero-order valence-electron chi connectivity index (χ0n) is 10.8. The fourth-order valence-corrected chi connectivity index (χ4v) is 2.10. The summed E-state index contributed by atoms with van der Waals surface area (Å²) in [7, 11) is 2.02. The Kier molecular flexibility index (Phi) is 4.47. The van der Waals surface area contributed by atoms with Crippen LogP contribution >= 0.6 is 0 Å². The van der Waals surface area contributed by atoms with Gasteiger partial charge in [-0.15, -0.1) is 0 Å². The molecule has 0 unspecified atom stereocenters. The largest absolute Gasteiger partial charge is 1.00 e. The van der Waals surface area contributed by atoms with Gasteiger partial charge in [0.1, 0.15) is 7.05 Å². The number of allylic oxidation sites excluding steroid dienone is 1. The quantitative estimate of drug-likeness (QED) is 0.508. The van der Waals surface area contributed by atoms with Gasteiger partial charge in [0.25, 0.3) is 0 Å². The smallest absolute Gasteiger partial charge is 0.169 e. The van der Waals surface area contributed by atoms with Gasteiger partial charge in [0, 0.05) is 17.7 Å². The van der Waals surface area contributed by atoms with Crippen molar-refractivity contribution in [2.24, 2.45) is 12.0 Å². The van der Waals surface area contributed by atoms with E-state index in [0.29, 0.717) is 0 Å². The summed E-state index contributed by atoms with van der Waals surface area (Å²) in [4.78, 5) is 4.56. The molecule has 0 bridgehead atoms. The zero-order valence-corrected chi connectivity index (χ0v) is 12.9. The van der Waals surface area contributed by atoms with E-state index in [1.807, 2.05) is 24.0 Å². The molecule has 0 saturated carbocycles. The summed E-state index contributed by atoms with van der Waals surface area (Å²) in [6.07, 6.45) is 8.30. The van der Waals surface area contributed by atoms with Gasteiger partial charge in [-0.05, 0) is 17.2 Å². The maximum atomic E-state index is 4.56. The van der Waals surface area contributed by atoms with Gasteiger partial charge in [0.05, 0.1) is 12.3 Å². The summed E-state index contributed by atoms with van der Waals surface area (Å²) in [5.74, 6) is 0. The molecular weight excluding hydrogens is 347 g/mol. The van der Waals surface area contributed by atoms with Gasteiger partial charge in [0.15, 0.2) is 12.4 Å². The van der Waals surface area contributed by atoms with Crippen LogP contribution in [-0.4, -0.2) is 5.71 Å². The lowest BCUT2D eigenvalue weighted by Crippen LogP contribution is -3.00. The lowest BCUT2D eigenvalue weighted by Gasteiger charge is -1.97. The third-order valence-electron chi connectivity index (χ3n) is 3.15. The molecule has 2 nitrogen and oxygen atoms in total. The maximum Gasteiger partial charge on any atom is 0.169 e. The van der Waals surface area contributed by atoms with Crippen LogP contribution in [0.25, 0.3) is 6.08 Å². The molecule has 1 aliphatic heterocycles. The Labute approximate surface area is 130 Å². The summed E-state index contributed by atoms with van der Waals surface area (Å²) in [6, 6.07) is 12.6. The molecule has 1 aromatic carbocycles. The first-order valence-corrected chi connectivity index (χ1v) is 6.09. The molecular formula is C16H15IN2. The highest BCUT2D eigenvalue weighted by molar-refractivity contribution is 6.13. The van der Waals surface area contributed by atoms with Gasteiger partial charge in [-0.3, -0.25) is 4.99 Å². The van der Waals surface area contributed by atoms with Crippen molar-refractivity contribution in [2.75, 3.05) is 0 Å². The SMILES string of the molecule is C[n+]1ccc(/C=C/C2=NCc3ccccc32)cc1.[I-]. The number of hydrogen-bond donors (Lipinski definition) is 0. The van der Waals surface area contributed by atoms with Crippen LogP contribution in [0.4, 0.5) is 0 Å². The summed E-state index contributed by atoms with van der Waals surface area (Å²) in [5, 5.41) is 0. The van der Waals surface area contributed by atoms with E-state index in [2.05, 4.69) is 53.5 Å². The molecule has 0 atom stereocenters. The molecule has 96 valence electrons. The van der Waals surface area contributed by atoms with Gasteiger partial charge < -0.3 is 24.0 Å². The van der Waals surface area contributed by atoms with Crippen LogP contribution < -0.4 is 28.5 Å². The Hall–Kier alpha value is -1.49. The number of hydrogen-bond acceptors (Lipinski definition) is 1. The summed E-state index contributed by atoms with van der Waals surface area (Å²) >= 11 is 0. The number of benzene rings is 1. The van der Waals surface area contributed by atoms with E-state index < -0.39 is 0 Å². The number of nitrogens with zero attached hydrogens (tertiary/aromatic N) is 2. The average Bonchev–Trinajstić information content (AvgIpc) is 2.82. The minimum absolute atomic E-state index is 0. The van der Waals surface area contributed by atoms with Crippen molar-refractivity contribution < 1.29 is 28.5 Å². The maximum absolute atomic E-state index is 4.56. The number of pyridine rings is 1. The number of rotatable bonds is 2. The first-order chi connectivity index (χ1) is 8.83. The van der Waals surface area contributed by atoms with Crippen molar-refractivity contribution in [3.8, 4) is 0 Å². The second-order valence-corrected chi connectivity index (χ2v) is 4.49. The van der Waals surface area contributed by atoms with Crippen LogP contribution in [0.3, 0.4) is 0 Å². The molecule has 1 aromatic heterocycles. The van der Waals surface area contributed by atoms with Crippen LogP contribution in [0, 0.1) is 0 Å². The van der Waals surface area contributed by atoms with Crippen LogP contribution in [0.1, 0.15) is 16.7 Å². The third kappa shape index (κ3) is 3.10. The Morgan fingerprint density at radius 1 is 1.05 bits per heavy atom. The topological polar surface area (TPSA) is 16.2 Å². The lowest BCUT2D eigenvalue weighted by molar-refractivity contribution is -0.671. The molecule has 0 saturated heterocycles. The minimum atomic E-state index is 0. The molecule has 0 aliphatic carbocycles. The predicted octanol–water partition coefficient (Wildman–Crippen LogP) is -0.469. The second kappa shape index (κ2) is 6.10. The van der Waals surface area contributed by atoms with Gasteiger partial charge in [-0.2, -0.15) is 0 Å². The molecule has 0 fully saturated rings. The monoisotopic (exact) mass is 362 g/mol. The average molecular weight is 362 g/mol. The second-order valence-electron chi connectivity index (χ2n) is 4.49. The van der Waals surface area contributed by atoms with Crippen molar-refractivity contribution in [3.63, 3.8) is 0 Å². The third-order valence-corrected chi connectivity index (χ3v) is 3.15. The molecule has 19 heavy (non-hydrogen) atoms. The van der Waals surface area contributed by atoms with Crippen LogP contribution in [0.5, 0.6) is 0 Å². The van der Waals surface area contributed by atoms with E-state index in [1.54, 1.807) is 0 Å². The first-order valence-electron chi connectivity index (χ1n) is 6.09. The van der Waals surface area contributed by atoms with E-state index >= 15 is 0 Å². The molecule has 0 amide bonds. The standard InChI is InChI=1S/C16H15N2.HI/c1-18-10-8-13(9-11-18)6-7-16-15-5-3-2-4-14(15)12-17-16;/h2-11H,12H2,1H3;1H/q+1;/p-1/b7-6+;. The first kappa shape index (κ1) is 13.9. The van der Waals surface area contributed by atoms with Crippen LogP contribution in [0.2, 0.25) is 0 Å². The van der Waals surface area contributed by atoms with E-state index in [1.165, 1.54) is 16.7 Å². The highest BCUT2D eigenvalue weighted by atomic mass is 127. The van der Waals surface area contributed by atoms with E-state index in [-0.39, 0.29) is 24.0 Å². The zero-order chi connectivity index (χ0) is 12.4. The van der Waals surface area contributed by atoms with Gasteiger partial charge in [-0.1, -0.05) is 30.3 Å². The van der Waals surface area contributed by atoms with Crippen molar-refractivity contribution in [1.29, 1.82) is 0 Å². The summed E-state index contributed by atoms with van der Waals surface area (Å²) in [5.41, 5.74) is 4.85. The number of fused-ring (bicyclic) bond motifs is 1. The molecule has 0 N–H and O–H groups in total. The fourth-order valence-electron chi connectivity index (χ4n) is 2.10. The molecule has 3 rings (SSSR count). The molecule has 0 radical (unpaired) electrons. The molecule has 3 heteroatoms. The number of aromatic nitrogens is 1. The number of aryl methyl sites for hydroxylation is 1. The number of aliphatic imine (C=N–C) groups is 1. The van der Waals surface area contributed by atoms with E-state index in [9.17, 15) is 0 Å². The molecule has 1 aliphatic rings. The molecule has 2 aromatic rings. The van der Waals surface area contributed by atoms with Crippen LogP contribution in [0.15, 0.2) is 59.9 Å². The highest BCUT2D eigenvalue weighted by Gasteiger charge is 2.11. The molecule has 2 heterocycles. The highest BCUT2D eigenvalue weighted by Crippen LogP contribution is 2.19. The Morgan fingerprint density at radius 3 is 2.58 bits per heavy atom. The van der Waals surface area contributed by atoms with Crippen molar-refractivity contribution >= 4 is 11.8 Å². The van der Waals surface area contributed by atoms with E-state index in [4.69, 9.17) is 0 Å². The van der Waals surface area contributed by atoms with Gasteiger partial charge >= 0.3 is 0 Å². The van der Waals surface area contributed by atoms with Crippen molar-refractivity contribution in [3.05, 3.63) is 71.6 Å².